The molecule has 6 nitrogen and oxygen atoms in total. The van der Waals surface area contributed by atoms with Gasteiger partial charge in [0, 0.05) is 45.6 Å². The van der Waals surface area contributed by atoms with E-state index >= 15 is 0 Å². The van der Waals surface area contributed by atoms with Gasteiger partial charge in [0.25, 0.3) is 5.91 Å². The van der Waals surface area contributed by atoms with Crippen LogP contribution in [0.5, 0.6) is 0 Å². The maximum Gasteiger partial charge on any atom is 0.262 e. The standard InChI is InChI=1S/C26H33N3O3/c1-20(25(19-27)26(30)28-11-16-32-15-6-14-31-2)21-7-8-23-18-24(10-9-22(23)17-21)29-12-4-3-5-13-29/h7-10,17-18H,3-6,11-16H2,1-2H3,(H,28,30)/b25-20+. The Kier molecular flexibility index (Phi) is 9.09. The molecule has 0 radical (unpaired) electrons. The molecular formula is C26H33N3O3. The zero-order valence-electron chi connectivity index (χ0n) is 19.2. The number of rotatable bonds is 10. The molecule has 0 spiro atoms. The van der Waals surface area contributed by atoms with E-state index in [1.54, 1.807) is 7.11 Å². The molecule has 0 saturated carbocycles. The molecule has 6 heteroatoms. The van der Waals surface area contributed by atoms with Crippen molar-refractivity contribution in [3.8, 4) is 6.07 Å². The third-order valence-corrected chi connectivity index (χ3v) is 5.86. The largest absolute Gasteiger partial charge is 0.385 e. The van der Waals surface area contributed by atoms with Gasteiger partial charge in [-0.3, -0.25) is 4.79 Å². The number of benzene rings is 2. The van der Waals surface area contributed by atoms with Crippen LogP contribution in [0.3, 0.4) is 0 Å². The van der Waals surface area contributed by atoms with E-state index in [4.69, 9.17) is 9.47 Å². The van der Waals surface area contributed by atoms with E-state index in [1.165, 1.54) is 30.3 Å². The maximum atomic E-state index is 12.5. The minimum Gasteiger partial charge on any atom is -0.385 e. The zero-order valence-corrected chi connectivity index (χ0v) is 19.2. The van der Waals surface area contributed by atoms with Crippen LogP contribution in [0.15, 0.2) is 42.0 Å². The van der Waals surface area contributed by atoms with Gasteiger partial charge in [-0.1, -0.05) is 18.2 Å². The molecule has 0 unspecified atom stereocenters. The number of amides is 1. The number of allylic oxidation sites excluding steroid dienone is 1. The fraction of sp³-hybridized carbons (Fsp3) is 0.462. The van der Waals surface area contributed by atoms with Gasteiger partial charge in [-0.2, -0.15) is 5.26 Å². The van der Waals surface area contributed by atoms with Crippen molar-refractivity contribution in [2.24, 2.45) is 0 Å². The highest BCUT2D eigenvalue weighted by Gasteiger charge is 2.15. The van der Waals surface area contributed by atoms with Crippen molar-refractivity contribution < 1.29 is 14.3 Å². The van der Waals surface area contributed by atoms with Crippen LogP contribution < -0.4 is 10.2 Å². The highest BCUT2D eigenvalue weighted by Crippen LogP contribution is 2.28. The molecule has 0 aromatic heterocycles. The summed E-state index contributed by atoms with van der Waals surface area (Å²) in [4.78, 5) is 15.0. The van der Waals surface area contributed by atoms with E-state index in [0.29, 0.717) is 31.9 Å². The van der Waals surface area contributed by atoms with Crippen molar-refractivity contribution in [3.63, 3.8) is 0 Å². The number of ether oxygens (including phenoxy) is 2. The molecule has 1 heterocycles. The first kappa shape index (κ1) is 23.8. The molecule has 1 fully saturated rings. The van der Waals surface area contributed by atoms with Crippen LogP contribution in [0, 0.1) is 11.3 Å². The third kappa shape index (κ3) is 6.32. The van der Waals surface area contributed by atoms with Gasteiger partial charge in [-0.25, -0.2) is 0 Å². The molecular weight excluding hydrogens is 402 g/mol. The lowest BCUT2D eigenvalue weighted by molar-refractivity contribution is -0.117. The monoisotopic (exact) mass is 435 g/mol. The first-order valence-corrected chi connectivity index (χ1v) is 11.4. The van der Waals surface area contributed by atoms with E-state index in [1.807, 2.05) is 19.1 Å². The molecule has 170 valence electrons. The Morgan fingerprint density at radius 2 is 1.81 bits per heavy atom. The van der Waals surface area contributed by atoms with Crippen molar-refractivity contribution in [2.75, 3.05) is 51.5 Å². The smallest absolute Gasteiger partial charge is 0.262 e. The Bertz CT molecular complexity index is 987. The highest BCUT2D eigenvalue weighted by molar-refractivity contribution is 6.05. The van der Waals surface area contributed by atoms with E-state index in [-0.39, 0.29) is 11.5 Å². The van der Waals surface area contributed by atoms with Gasteiger partial charge in [-0.15, -0.1) is 0 Å². The Labute approximate surface area is 190 Å². The predicted octanol–water partition coefficient (Wildman–Crippen LogP) is 4.30. The number of anilines is 1. The summed E-state index contributed by atoms with van der Waals surface area (Å²) in [5.74, 6) is -0.369. The molecule has 3 rings (SSSR count). The molecule has 1 amide bonds. The van der Waals surface area contributed by atoms with E-state index in [0.717, 1.165) is 30.5 Å². The van der Waals surface area contributed by atoms with Gasteiger partial charge in [0.15, 0.2) is 0 Å². The maximum absolute atomic E-state index is 12.5. The molecule has 32 heavy (non-hydrogen) atoms. The average Bonchev–Trinajstić information content (AvgIpc) is 2.83. The summed E-state index contributed by atoms with van der Waals surface area (Å²) in [5.41, 5.74) is 2.95. The van der Waals surface area contributed by atoms with E-state index < -0.39 is 0 Å². The predicted molar refractivity (Wildman–Crippen MR) is 129 cm³/mol. The van der Waals surface area contributed by atoms with Gasteiger partial charge in [0.1, 0.15) is 11.6 Å². The summed E-state index contributed by atoms with van der Waals surface area (Å²) in [5, 5.41) is 14.6. The number of fused-ring (bicyclic) bond motifs is 1. The number of carbonyl (C=O) groups excluding carboxylic acids is 1. The number of nitrogens with one attached hydrogen (secondary N) is 1. The number of nitriles is 1. The lowest BCUT2D eigenvalue weighted by atomic mass is 9.98. The molecule has 2 aromatic rings. The molecule has 1 N–H and O–H groups in total. The highest BCUT2D eigenvalue weighted by atomic mass is 16.5. The first-order chi connectivity index (χ1) is 15.6. The Balaban J connectivity index is 1.66. The van der Waals surface area contributed by atoms with Crippen molar-refractivity contribution in [3.05, 3.63) is 47.5 Å². The zero-order chi connectivity index (χ0) is 22.8. The SMILES string of the molecule is COCCCOCCNC(=O)/C(C#N)=C(\C)c1ccc2cc(N3CCCCC3)ccc2c1. The number of piperidine rings is 1. The van der Waals surface area contributed by atoms with Gasteiger partial charge in [0.05, 0.1) is 6.61 Å². The van der Waals surface area contributed by atoms with Gasteiger partial charge in [-0.05, 0) is 72.7 Å². The lowest BCUT2D eigenvalue weighted by Crippen LogP contribution is -2.29. The van der Waals surface area contributed by atoms with E-state index in [9.17, 15) is 10.1 Å². The molecule has 0 atom stereocenters. The van der Waals surface area contributed by atoms with Crippen LogP contribution >= 0.6 is 0 Å². The number of nitrogens with zero attached hydrogens (tertiary/aromatic N) is 2. The molecule has 2 aromatic carbocycles. The summed E-state index contributed by atoms with van der Waals surface area (Å²) < 4.78 is 10.4. The van der Waals surface area contributed by atoms with Crippen LogP contribution in [0.2, 0.25) is 0 Å². The number of methoxy groups -OCH3 is 1. The quantitative estimate of drug-likeness (QED) is 0.342. The van der Waals surface area contributed by atoms with Crippen LogP contribution in [-0.2, 0) is 14.3 Å². The van der Waals surface area contributed by atoms with Crippen molar-refractivity contribution in [1.29, 1.82) is 5.26 Å². The summed E-state index contributed by atoms with van der Waals surface area (Å²) in [6.45, 7) is 6.06. The minimum absolute atomic E-state index is 0.133. The molecule has 1 aliphatic heterocycles. The summed E-state index contributed by atoms with van der Waals surface area (Å²) in [6.07, 6.45) is 4.63. The Hall–Kier alpha value is -2.88. The fourth-order valence-corrected chi connectivity index (χ4v) is 4.00. The summed E-state index contributed by atoms with van der Waals surface area (Å²) >= 11 is 0. The van der Waals surface area contributed by atoms with Crippen LogP contribution in [0.25, 0.3) is 16.3 Å². The lowest BCUT2D eigenvalue weighted by Gasteiger charge is -2.29. The summed E-state index contributed by atoms with van der Waals surface area (Å²) in [7, 11) is 1.65. The second-order valence-corrected chi connectivity index (χ2v) is 8.12. The normalized spacial score (nSPS) is 14.7. The van der Waals surface area contributed by atoms with Crippen molar-refractivity contribution in [1.82, 2.24) is 5.32 Å². The average molecular weight is 436 g/mol. The Morgan fingerprint density at radius 1 is 1.06 bits per heavy atom. The molecule has 0 aliphatic carbocycles. The summed E-state index contributed by atoms with van der Waals surface area (Å²) in [6, 6.07) is 14.7. The number of carbonyl (C=O) groups is 1. The second kappa shape index (κ2) is 12.2. The van der Waals surface area contributed by atoms with Crippen LogP contribution in [0.4, 0.5) is 5.69 Å². The van der Waals surface area contributed by atoms with Crippen molar-refractivity contribution in [2.45, 2.75) is 32.6 Å². The second-order valence-electron chi connectivity index (χ2n) is 8.12. The topological polar surface area (TPSA) is 74.6 Å². The Morgan fingerprint density at radius 3 is 2.56 bits per heavy atom. The first-order valence-electron chi connectivity index (χ1n) is 11.4. The van der Waals surface area contributed by atoms with E-state index in [2.05, 4.69) is 40.6 Å². The van der Waals surface area contributed by atoms with Crippen LogP contribution in [0.1, 0.15) is 38.2 Å². The minimum atomic E-state index is -0.369. The molecule has 1 aliphatic rings. The van der Waals surface area contributed by atoms with Crippen molar-refractivity contribution >= 4 is 27.9 Å². The number of hydrogen-bond donors (Lipinski definition) is 1. The fourth-order valence-electron chi connectivity index (χ4n) is 4.00. The molecule has 0 bridgehead atoms. The van der Waals surface area contributed by atoms with Gasteiger partial charge in [0.2, 0.25) is 0 Å². The third-order valence-electron chi connectivity index (χ3n) is 5.86. The van der Waals surface area contributed by atoms with Gasteiger partial charge < -0.3 is 19.7 Å². The molecule has 1 saturated heterocycles. The van der Waals surface area contributed by atoms with Crippen LogP contribution in [-0.4, -0.2) is 52.5 Å². The number of hydrogen-bond acceptors (Lipinski definition) is 5. The van der Waals surface area contributed by atoms with Gasteiger partial charge >= 0.3 is 0 Å².